The van der Waals surface area contributed by atoms with E-state index in [0.717, 1.165) is 17.0 Å². The van der Waals surface area contributed by atoms with Crippen LogP contribution >= 0.6 is 0 Å². The fourth-order valence-electron chi connectivity index (χ4n) is 1.90. The number of carbonyl (C=O) groups is 1. The van der Waals surface area contributed by atoms with Crippen molar-refractivity contribution in [3.63, 3.8) is 0 Å². The number of amides is 1. The van der Waals surface area contributed by atoms with Gasteiger partial charge in [0.15, 0.2) is 0 Å². The summed E-state index contributed by atoms with van der Waals surface area (Å²) in [5.41, 5.74) is 10.3. The van der Waals surface area contributed by atoms with Crippen LogP contribution in [0.2, 0.25) is 0 Å². The number of nitrogens with zero attached hydrogens (tertiary/aromatic N) is 1. The van der Waals surface area contributed by atoms with Crippen LogP contribution in [0.5, 0.6) is 0 Å². The summed E-state index contributed by atoms with van der Waals surface area (Å²) in [6.45, 7) is 5.71. The van der Waals surface area contributed by atoms with E-state index in [1.54, 1.807) is 12.1 Å². The number of aromatic nitrogens is 1. The first-order valence-electron chi connectivity index (χ1n) is 6.09. The summed E-state index contributed by atoms with van der Waals surface area (Å²) in [7, 11) is 0. The van der Waals surface area contributed by atoms with Crippen molar-refractivity contribution in [1.29, 1.82) is 0 Å². The summed E-state index contributed by atoms with van der Waals surface area (Å²) in [5, 5.41) is 2.83. The van der Waals surface area contributed by atoms with Gasteiger partial charge in [-0.3, -0.25) is 9.78 Å². The van der Waals surface area contributed by atoms with Crippen LogP contribution in [0.1, 0.15) is 27.3 Å². The number of hydrogen-bond donors (Lipinski definition) is 2. The second-order valence-corrected chi connectivity index (χ2v) is 4.63. The summed E-state index contributed by atoms with van der Waals surface area (Å²) in [6.07, 6.45) is 0. The molecule has 3 N–H and O–H groups in total. The average Bonchev–Trinajstić information content (AvgIpc) is 2.32. The molecule has 0 bridgehead atoms. The van der Waals surface area contributed by atoms with E-state index in [1.807, 2.05) is 39.0 Å². The number of nitrogens with one attached hydrogen (secondary N) is 1. The maximum absolute atomic E-state index is 12.2. The van der Waals surface area contributed by atoms with Gasteiger partial charge < -0.3 is 11.1 Å². The molecule has 0 radical (unpaired) electrons. The van der Waals surface area contributed by atoms with Gasteiger partial charge in [0.2, 0.25) is 0 Å². The van der Waals surface area contributed by atoms with Crippen molar-refractivity contribution in [2.24, 2.45) is 0 Å². The van der Waals surface area contributed by atoms with Gasteiger partial charge >= 0.3 is 0 Å². The molecule has 1 amide bonds. The third-order valence-electron chi connectivity index (χ3n) is 2.92. The predicted octanol–water partition coefficient (Wildman–Crippen LogP) is 2.84. The molecule has 1 aromatic heterocycles. The Morgan fingerprint density at radius 2 is 1.89 bits per heavy atom. The maximum atomic E-state index is 12.2. The molecule has 2 rings (SSSR count). The number of rotatable bonds is 2. The summed E-state index contributed by atoms with van der Waals surface area (Å²) in [6, 6.07) is 9.10. The lowest BCUT2D eigenvalue weighted by Crippen LogP contribution is -2.15. The number of anilines is 2. The Morgan fingerprint density at radius 1 is 1.16 bits per heavy atom. The van der Waals surface area contributed by atoms with E-state index >= 15 is 0 Å². The standard InChI is InChI=1S/C15H17N3O/c1-9-4-6-12(13(16)8-9)15(19)18-14-7-5-10(2)17-11(14)3/h4-8H,16H2,1-3H3,(H,18,19). The number of nitrogen functional groups attached to an aromatic ring is 1. The third-order valence-corrected chi connectivity index (χ3v) is 2.92. The molecule has 1 aromatic carbocycles. The van der Waals surface area contributed by atoms with Gasteiger partial charge in [0, 0.05) is 11.4 Å². The van der Waals surface area contributed by atoms with E-state index in [4.69, 9.17) is 5.73 Å². The fraction of sp³-hybridized carbons (Fsp3) is 0.200. The lowest BCUT2D eigenvalue weighted by atomic mass is 10.1. The molecule has 1 heterocycles. The molecule has 0 aliphatic carbocycles. The number of pyridine rings is 1. The van der Waals surface area contributed by atoms with Gasteiger partial charge in [-0.25, -0.2) is 0 Å². The Morgan fingerprint density at radius 3 is 2.53 bits per heavy atom. The molecule has 0 aliphatic rings. The normalized spacial score (nSPS) is 10.3. The average molecular weight is 255 g/mol. The van der Waals surface area contributed by atoms with Gasteiger partial charge in [0.1, 0.15) is 0 Å². The number of hydrogen-bond acceptors (Lipinski definition) is 3. The highest BCUT2D eigenvalue weighted by Crippen LogP contribution is 2.18. The highest BCUT2D eigenvalue weighted by molar-refractivity contribution is 6.08. The number of aryl methyl sites for hydroxylation is 3. The first-order valence-corrected chi connectivity index (χ1v) is 6.09. The van der Waals surface area contributed by atoms with E-state index in [9.17, 15) is 4.79 Å². The second-order valence-electron chi connectivity index (χ2n) is 4.63. The van der Waals surface area contributed by atoms with Crippen molar-refractivity contribution in [2.45, 2.75) is 20.8 Å². The van der Waals surface area contributed by atoms with Crippen LogP contribution in [0.4, 0.5) is 11.4 Å². The van der Waals surface area contributed by atoms with Crippen molar-refractivity contribution in [3.05, 3.63) is 52.8 Å². The molecule has 0 saturated carbocycles. The molecule has 0 atom stereocenters. The SMILES string of the molecule is Cc1ccc(C(=O)Nc2ccc(C)nc2C)c(N)c1. The molecule has 0 spiro atoms. The zero-order valence-corrected chi connectivity index (χ0v) is 11.3. The Hall–Kier alpha value is -2.36. The van der Waals surface area contributed by atoms with Gasteiger partial charge in [-0.2, -0.15) is 0 Å². The predicted molar refractivity (Wildman–Crippen MR) is 77.3 cm³/mol. The van der Waals surface area contributed by atoms with Crippen LogP contribution in [0.3, 0.4) is 0 Å². The topological polar surface area (TPSA) is 68.0 Å². The minimum absolute atomic E-state index is 0.216. The van der Waals surface area contributed by atoms with Crippen LogP contribution in [-0.4, -0.2) is 10.9 Å². The van der Waals surface area contributed by atoms with E-state index in [-0.39, 0.29) is 5.91 Å². The monoisotopic (exact) mass is 255 g/mol. The smallest absolute Gasteiger partial charge is 0.257 e. The van der Waals surface area contributed by atoms with Gasteiger partial charge in [-0.15, -0.1) is 0 Å². The van der Waals surface area contributed by atoms with Gasteiger partial charge in [0.25, 0.3) is 5.91 Å². The molecule has 4 heteroatoms. The summed E-state index contributed by atoms with van der Waals surface area (Å²) >= 11 is 0. The van der Waals surface area contributed by atoms with Crippen LogP contribution in [0, 0.1) is 20.8 Å². The molecule has 4 nitrogen and oxygen atoms in total. The molecule has 19 heavy (non-hydrogen) atoms. The number of benzene rings is 1. The molecule has 0 unspecified atom stereocenters. The lowest BCUT2D eigenvalue weighted by molar-refractivity contribution is 0.102. The van der Waals surface area contributed by atoms with Crippen LogP contribution < -0.4 is 11.1 Å². The third kappa shape index (κ3) is 2.91. The molecule has 0 fully saturated rings. The Kier molecular flexibility index (Phi) is 3.51. The van der Waals surface area contributed by atoms with Crippen molar-refractivity contribution in [3.8, 4) is 0 Å². The van der Waals surface area contributed by atoms with Gasteiger partial charge in [0.05, 0.1) is 16.9 Å². The Bertz CT molecular complexity index is 635. The second kappa shape index (κ2) is 5.10. The first kappa shape index (κ1) is 13.1. The molecule has 0 saturated heterocycles. The van der Waals surface area contributed by atoms with Crippen molar-refractivity contribution >= 4 is 17.3 Å². The molecular weight excluding hydrogens is 238 g/mol. The van der Waals surface area contributed by atoms with Crippen molar-refractivity contribution in [1.82, 2.24) is 4.98 Å². The van der Waals surface area contributed by atoms with E-state index in [0.29, 0.717) is 16.9 Å². The van der Waals surface area contributed by atoms with Gasteiger partial charge in [-0.05, 0) is 50.6 Å². The minimum Gasteiger partial charge on any atom is -0.398 e. The van der Waals surface area contributed by atoms with Crippen molar-refractivity contribution < 1.29 is 4.79 Å². The van der Waals surface area contributed by atoms with Gasteiger partial charge in [-0.1, -0.05) is 6.07 Å². The summed E-state index contributed by atoms with van der Waals surface area (Å²) in [4.78, 5) is 16.5. The fourth-order valence-corrected chi connectivity index (χ4v) is 1.90. The van der Waals surface area contributed by atoms with Crippen LogP contribution in [0.15, 0.2) is 30.3 Å². The Balaban J connectivity index is 2.25. The summed E-state index contributed by atoms with van der Waals surface area (Å²) < 4.78 is 0. The number of carbonyl (C=O) groups excluding carboxylic acids is 1. The molecular formula is C15H17N3O. The van der Waals surface area contributed by atoms with E-state index in [1.165, 1.54) is 0 Å². The Labute approximate surface area is 112 Å². The zero-order valence-electron chi connectivity index (χ0n) is 11.3. The van der Waals surface area contributed by atoms with E-state index in [2.05, 4.69) is 10.3 Å². The largest absolute Gasteiger partial charge is 0.398 e. The lowest BCUT2D eigenvalue weighted by Gasteiger charge is -2.10. The minimum atomic E-state index is -0.216. The number of nitrogens with two attached hydrogens (primary N) is 1. The molecule has 98 valence electrons. The molecule has 2 aromatic rings. The molecule has 0 aliphatic heterocycles. The first-order chi connectivity index (χ1) is 8.97. The highest BCUT2D eigenvalue weighted by Gasteiger charge is 2.11. The highest BCUT2D eigenvalue weighted by atomic mass is 16.1. The van der Waals surface area contributed by atoms with Crippen LogP contribution in [0.25, 0.3) is 0 Å². The quantitative estimate of drug-likeness (QED) is 0.811. The maximum Gasteiger partial charge on any atom is 0.257 e. The van der Waals surface area contributed by atoms with Crippen LogP contribution in [-0.2, 0) is 0 Å². The van der Waals surface area contributed by atoms with Crippen molar-refractivity contribution in [2.75, 3.05) is 11.1 Å². The summed E-state index contributed by atoms with van der Waals surface area (Å²) in [5.74, 6) is -0.216. The van der Waals surface area contributed by atoms with E-state index < -0.39 is 0 Å². The zero-order chi connectivity index (χ0) is 14.0.